The number of aldehydes is 1. The number of aromatic nitrogens is 1. The molecular weight excluding hydrogens is 182 g/mol. The Bertz CT molecular complexity index is 396. The lowest BCUT2D eigenvalue weighted by molar-refractivity contribution is -0.140. The Morgan fingerprint density at radius 2 is 2.29 bits per heavy atom. The number of carbonyl (C=O) groups is 2. The third kappa shape index (κ3) is 1.19. The third-order valence-electron chi connectivity index (χ3n) is 2.61. The molecule has 4 heteroatoms. The maximum Gasteiger partial charge on any atom is 0.314 e. The molecule has 0 aromatic carbocycles. The maximum atomic E-state index is 11.0. The zero-order valence-electron chi connectivity index (χ0n) is 7.43. The quantitative estimate of drug-likeness (QED) is 0.724. The zero-order chi connectivity index (χ0) is 10.2. The summed E-state index contributed by atoms with van der Waals surface area (Å²) in [6, 6.07) is 3.21. The number of nitrogens with zero attached hydrogens (tertiary/aromatic N) is 1. The molecule has 1 aromatic rings. The number of aliphatic carboxylic acids is 1. The van der Waals surface area contributed by atoms with E-state index in [9.17, 15) is 9.59 Å². The van der Waals surface area contributed by atoms with Crippen LogP contribution in [0.1, 0.15) is 28.9 Å². The Kier molecular flexibility index (Phi) is 1.84. The largest absolute Gasteiger partial charge is 0.481 e. The van der Waals surface area contributed by atoms with E-state index in [1.165, 1.54) is 6.20 Å². The van der Waals surface area contributed by atoms with Gasteiger partial charge in [-0.1, -0.05) is 0 Å². The van der Waals surface area contributed by atoms with E-state index < -0.39 is 11.4 Å². The monoisotopic (exact) mass is 191 g/mol. The SMILES string of the molecule is O=Cc1cc(C2(C(=O)O)CC2)ccn1. The molecule has 0 bridgehead atoms. The van der Waals surface area contributed by atoms with Gasteiger partial charge in [0.05, 0.1) is 5.41 Å². The van der Waals surface area contributed by atoms with Crippen molar-refractivity contribution in [2.24, 2.45) is 0 Å². The van der Waals surface area contributed by atoms with Crippen LogP contribution in [0.25, 0.3) is 0 Å². The minimum Gasteiger partial charge on any atom is -0.481 e. The summed E-state index contributed by atoms with van der Waals surface area (Å²) in [5.41, 5.74) is 0.220. The molecule has 1 aliphatic rings. The van der Waals surface area contributed by atoms with Gasteiger partial charge in [-0.25, -0.2) is 0 Å². The van der Waals surface area contributed by atoms with Crippen LogP contribution in [0.2, 0.25) is 0 Å². The summed E-state index contributed by atoms with van der Waals surface area (Å²) in [6.07, 6.45) is 3.39. The molecule has 72 valence electrons. The van der Waals surface area contributed by atoms with E-state index in [1.54, 1.807) is 12.1 Å². The predicted molar refractivity (Wildman–Crippen MR) is 48.2 cm³/mol. The van der Waals surface area contributed by atoms with Crippen LogP contribution in [0.4, 0.5) is 0 Å². The highest BCUT2D eigenvalue weighted by molar-refractivity contribution is 5.85. The molecule has 0 saturated heterocycles. The average molecular weight is 191 g/mol. The molecule has 1 aliphatic carbocycles. The van der Waals surface area contributed by atoms with Crippen molar-refractivity contribution in [1.29, 1.82) is 0 Å². The minimum atomic E-state index is -0.819. The van der Waals surface area contributed by atoms with E-state index in [4.69, 9.17) is 5.11 Å². The van der Waals surface area contributed by atoms with Crippen LogP contribution in [0.5, 0.6) is 0 Å². The van der Waals surface area contributed by atoms with Crippen LogP contribution < -0.4 is 0 Å². The number of carboxylic acids is 1. The van der Waals surface area contributed by atoms with Crippen LogP contribution >= 0.6 is 0 Å². The molecule has 0 unspecified atom stereocenters. The standard InChI is InChI=1S/C10H9NO3/c12-6-8-5-7(1-4-11-8)10(2-3-10)9(13)14/h1,4-6H,2-3H2,(H,13,14). The summed E-state index contributed by atoms with van der Waals surface area (Å²) >= 11 is 0. The topological polar surface area (TPSA) is 67.3 Å². The molecule has 1 aromatic heterocycles. The number of hydrogen-bond acceptors (Lipinski definition) is 3. The van der Waals surface area contributed by atoms with Crippen molar-refractivity contribution in [2.45, 2.75) is 18.3 Å². The Hall–Kier alpha value is -1.71. The van der Waals surface area contributed by atoms with Crippen LogP contribution in [0.15, 0.2) is 18.3 Å². The smallest absolute Gasteiger partial charge is 0.314 e. The maximum absolute atomic E-state index is 11.0. The summed E-state index contributed by atoms with van der Waals surface area (Å²) in [4.78, 5) is 25.2. The van der Waals surface area contributed by atoms with Gasteiger partial charge in [-0.15, -0.1) is 0 Å². The van der Waals surface area contributed by atoms with Crippen molar-refractivity contribution in [2.75, 3.05) is 0 Å². The van der Waals surface area contributed by atoms with Crippen LogP contribution in [-0.4, -0.2) is 22.3 Å². The van der Waals surface area contributed by atoms with Gasteiger partial charge in [0.1, 0.15) is 5.69 Å². The van der Waals surface area contributed by atoms with E-state index in [1.807, 2.05) is 0 Å². The molecule has 1 heterocycles. The highest BCUT2D eigenvalue weighted by Gasteiger charge is 2.51. The fraction of sp³-hybridized carbons (Fsp3) is 0.300. The Morgan fingerprint density at radius 3 is 2.79 bits per heavy atom. The molecule has 0 radical (unpaired) electrons. The van der Waals surface area contributed by atoms with Crippen molar-refractivity contribution in [3.05, 3.63) is 29.6 Å². The van der Waals surface area contributed by atoms with Crippen LogP contribution in [-0.2, 0) is 10.2 Å². The van der Waals surface area contributed by atoms with E-state index in [0.29, 0.717) is 24.7 Å². The third-order valence-corrected chi connectivity index (χ3v) is 2.61. The van der Waals surface area contributed by atoms with Gasteiger partial charge in [0, 0.05) is 6.20 Å². The second-order valence-corrected chi connectivity index (χ2v) is 3.47. The number of carboxylic acid groups (broad SMARTS) is 1. The molecular formula is C10H9NO3. The second-order valence-electron chi connectivity index (χ2n) is 3.47. The molecule has 2 rings (SSSR count). The van der Waals surface area contributed by atoms with Crippen LogP contribution in [0.3, 0.4) is 0 Å². The number of carbonyl (C=O) groups excluding carboxylic acids is 1. The molecule has 14 heavy (non-hydrogen) atoms. The van der Waals surface area contributed by atoms with E-state index in [0.717, 1.165) is 0 Å². The minimum absolute atomic E-state index is 0.287. The van der Waals surface area contributed by atoms with E-state index in [2.05, 4.69) is 4.98 Å². The normalized spacial score (nSPS) is 17.4. The van der Waals surface area contributed by atoms with Gasteiger partial charge < -0.3 is 5.11 Å². The molecule has 4 nitrogen and oxygen atoms in total. The predicted octanol–water partition coefficient (Wildman–Crippen LogP) is 1.01. The second kappa shape index (κ2) is 2.90. The van der Waals surface area contributed by atoms with Crippen molar-refractivity contribution in [3.8, 4) is 0 Å². The fourth-order valence-electron chi connectivity index (χ4n) is 1.56. The number of hydrogen-bond donors (Lipinski definition) is 1. The van der Waals surface area contributed by atoms with Gasteiger partial charge in [0.15, 0.2) is 6.29 Å². The number of pyridine rings is 1. The summed E-state index contributed by atoms with van der Waals surface area (Å²) in [5.74, 6) is -0.819. The summed E-state index contributed by atoms with van der Waals surface area (Å²) < 4.78 is 0. The molecule has 1 fully saturated rings. The fourth-order valence-corrected chi connectivity index (χ4v) is 1.56. The van der Waals surface area contributed by atoms with Gasteiger partial charge in [0.25, 0.3) is 0 Å². The Balaban J connectivity index is 2.41. The van der Waals surface area contributed by atoms with Gasteiger partial charge >= 0.3 is 5.97 Å². The molecule has 0 spiro atoms. The Morgan fingerprint density at radius 1 is 1.57 bits per heavy atom. The lowest BCUT2D eigenvalue weighted by Gasteiger charge is -2.09. The average Bonchev–Trinajstić information content (AvgIpc) is 2.98. The van der Waals surface area contributed by atoms with Crippen molar-refractivity contribution in [3.63, 3.8) is 0 Å². The van der Waals surface area contributed by atoms with Gasteiger partial charge in [-0.2, -0.15) is 0 Å². The lowest BCUT2D eigenvalue weighted by Crippen LogP contribution is -2.19. The molecule has 0 aliphatic heterocycles. The van der Waals surface area contributed by atoms with Gasteiger partial charge in [0.2, 0.25) is 0 Å². The van der Waals surface area contributed by atoms with Crippen LogP contribution in [0, 0.1) is 0 Å². The summed E-state index contributed by atoms with van der Waals surface area (Å²) in [7, 11) is 0. The molecule has 1 saturated carbocycles. The first-order valence-corrected chi connectivity index (χ1v) is 4.34. The van der Waals surface area contributed by atoms with Gasteiger partial charge in [-0.05, 0) is 30.5 Å². The van der Waals surface area contributed by atoms with Crippen molar-refractivity contribution in [1.82, 2.24) is 4.98 Å². The summed E-state index contributed by atoms with van der Waals surface area (Å²) in [5, 5.41) is 9.01. The zero-order valence-corrected chi connectivity index (χ0v) is 7.43. The Labute approximate surface area is 80.6 Å². The molecule has 0 amide bonds. The number of rotatable bonds is 3. The highest BCUT2D eigenvalue weighted by Crippen LogP contribution is 2.48. The van der Waals surface area contributed by atoms with Gasteiger partial charge in [-0.3, -0.25) is 14.6 Å². The van der Waals surface area contributed by atoms with Crippen molar-refractivity contribution >= 4 is 12.3 Å². The molecule has 1 N–H and O–H groups in total. The first-order chi connectivity index (χ1) is 6.69. The highest BCUT2D eigenvalue weighted by atomic mass is 16.4. The summed E-state index contributed by atoms with van der Waals surface area (Å²) in [6.45, 7) is 0. The first kappa shape index (κ1) is 8.87. The van der Waals surface area contributed by atoms with E-state index >= 15 is 0 Å². The van der Waals surface area contributed by atoms with E-state index in [-0.39, 0.29) is 5.69 Å². The molecule has 0 atom stereocenters. The van der Waals surface area contributed by atoms with Crippen molar-refractivity contribution < 1.29 is 14.7 Å². The lowest BCUT2D eigenvalue weighted by atomic mass is 9.97. The first-order valence-electron chi connectivity index (χ1n) is 4.34.